The van der Waals surface area contributed by atoms with Gasteiger partial charge in [-0.1, -0.05) is 59.5 Å². The van der Waals surface area contributed by atoms with Gasteiger partial charge in [-0.25, -0.2) is 0 Å². The third-order valence-corrected chi connectivity index (χ3v) is 4.74. The van der Waals surface area contributed by atoms with Crippen LogP contribution in [0.3, 0.4) is 0 Å². The van der Waals surface area contributed by atoms with Crippen molar-refractivity contribution in [3.8, 4) is 17.2 Å². The molecule has 0 aliphatic rings. The van der Waals surface area contributed by atoms with E-state index in [9.17, 15) is 14.7 Å². The van der Waals surface area contributed by atoms with E-state index < -0.39 is 11.9 Å². The molecule has 0 aliphatic carbocycles. The average molecular weight is 419 g/mol. The van der Waals surface area contributed by atoms with E-state index >= 15 is 0 Å². The maximum Gasteiger partial charge on any atom is 0.311 e. The third-order valence-electron chi connectivity index (χ3n) is 4.74. The Labute approximate surface area is 181 Å². The molecule has 0 aliphatic heterocycles. The van der Waals surface area contributed by atoms with Crippen molar-refractivity contribution in [1.29, 1.82) is 0 Å². The van der Waals surface area contributed by atoms with Gasteiger partial charge < -0.3 is 14.6 Å². The Kier molecular flexibility index (Phi) is 11.9. The summed E-state index contributed by atoms with van der Waals surface area (Å²) in [6, 6.07) is 3.12. The highest BCUT2D eigenvalue weighted by Crippen LogP contribution is 2.39. The van der Waals surface area contributed by atoms with Gasteiger partial charge in [-0.2, -0.15) is 0 Å². The molecule has 168 valence electrons. The number of carbonyl (C=O) groups excluding carboxylic acids is 2. The topological polar surface area (TPSA) is 72.8 Å². The Hall–Kier alpha value is -2.30. The van der Waals surface area contributed by atoms with Crippen LogP contribution in [-0.4, -0.2) is 17.0 Å². The SMILES string of the molecule is C=CCc1cc(O)c(OC(=O)CCCCC(C)C)c(OC(=O)CCCCC(C)C)c1. The van der Waals surface area contributed by atoms with Crippen LogP contribution in [0.2, 0.25) is 0 Å². The number of unbranched alkanes of at least 4 members (excludes halogenated alkanes) is 2. The minimum absolute atomic E-state index is 0.0799. The van der Waals surface area contributed by atoms with Crippen LogP contribution in [0.4, 0.5) is 0 Å². The fraction of sp³-hybridized carbons (Fsp3) is 0.600. The van der Waals surface area contributed by atoms with Crippen molar-refractivity contribution >= 4 is 11.9 Å². The summed E-state index contributed by atoms with van der Waals surface area (Å²) < 4.78 is 10.9. The lowest BCUT2D eigenvalue weighted by atomic mass is 10.1. The number of allylic oxidation sites excluding steroid dienone is 1. The molecule has 1 aromatic carbocycles. The number of carbonyl (C=O) groups is 2. The molecule has 5 heteroatoms. The van der Waals surface area contributed by atoms with Gasteiger partial charge in [0.05, 0.1) is 0 Å². The van der Waals surface area contributed by atoms with Crippen LogP contribution in [0.15, 0.2) is 24.8 Å². The first-order valence-corrected chi connectivity index (χ1v) is 11.1. The average Bonchev–Trinajstić information content (AvgIpc) is 2.65. The third kappa shape index (κ3) is 10.5. The lowest BCUT2D eigenvalue weighted by molar-refractivity contribution is -0.137. The molecule has 0 bridgehead atoms. The van der Waals surface area contributed by atoms with Gasteiger partial charge in [-0.15, -0.1) is 6.58 Å². The predicted molar refractivity (Wildman–Crippen MR) is 120 cm³/mol. The van der Waals surface area contributed by atoms with E-state index in [0.29, 0.717) is 18.3 Å². The Morgan fingerprint density at radius 3 is 1.97 bits per heavy atom. The van der Waals surface area contributed by atoms with Gasteiger partial charge in [0.1, 0.15) is 0 Å². The van der Waals surface area contributed by atoms with Gasteiger partial charge in [-0.3, -0.25) is 9.59 Å². The standard InChI is InChI=1S/C25H38O5/c1-6-11-20-16-21(26)25(30-24(28)15-10-8-13-19(4)5)22(17-20)29-23(27)14-9-7-12-18(2)3/h6,16-19,26H,1,7-15H2,2-5H3. The summed E-state index contributed by atoms with van der Waals surface area (Å²) >= 11 is 0. The largest absolute Gasteiger partial charge is 0.504 e. The first-order valence-electron chi connectivity index (χ1n) is 11.1. The zero-order chi connectivity index (χ0) is 22.5. The van der Waals surface area contributed by atoms with Crippen molar-refractivity contribution in [2.24, 2.45) is 11.8 Å². The molecule has 0 aromatic heterocycles. The number of ether oxygens (including phenoxy) is 2. The minimum atomic E-state index is -0.445. The summed E-state index contributed by atoms with van der Waals surface area (Å²) in [4.78, 5) is 24.5. The Morgan fingerprint density at radius 2 is 1.47 bits per heavy atom. The van der Waals surface area contributed by atoms with E-state index in [0.717, 1.165) is 44.1 Å². The maximum atomic E-state index is 12.3. The van der Waals surface area contributed by atoms with E-state index in [4.69, 9.17) is 9.47 Å². The molecule has 1 rings (SSSR count). The maximum absolute atomic E-state index is 12.3. The van der Waals surface area contributed by atoms with Crippen LogP contribution < -0.4 is 9.47 Å². The number of hydrogen-bond acceptors (Lipinski definition) is 5. The monoisotopic (exact) mass is 418 g/mol. The fourth-order valence-electron chi connectivity index (χ4n) is 3.09. The van der Waals surface area contributed by atoms with E-state index in [1.165, 1.54) is 6.07 Å². The van der Waals surface area contributed by atoms with Gasteiger partial charge in [0.25, 0.3) is 0 Å². The summed E-state index contributed by atoms with van der Waals surface area (Å²) in [7, 11) is 0. The lowest BCUT2D eigenvalue weighted by Gasteiger charge is -2.14. The van der Waals surface area contributed by atoms with Crippen LogP contribution in [-0.2, 0) is 16.0 Å². The molecule has 5 nitrogen and oxygen atoms in total. The van der Waals surface area contributed by atoms with Crippen molar-refractivity contribution < 1.29 is 24.2 Å². The van der Waals surface area contributed by atoms with Crippen LogP contribution in [0.1, 0.15) is 84.6 Å². The number of aromatic hydroxyl groups is 1. The summed E-state index contributed by atoms with van der Waals surface area (Å²) in [6.45, 7) is 12.3. The van der Waals surface area contributed by atoms with Crippen LogP contribution in [0.25, 0.3) is 0 Å². The van der Waals surface area contributed by atoms with Crippen LogP contribution >= 0.6 is 0 Å². The second-order valence-corrected chi connectivity index (χ2v) is 8.66. The summed E-state index contributed by atoms with van der Waals surface area (Å²) in [5.41, 5.74) is 0.724. The Bertz CT molecular complexity index is 691. The molecule has 0 atom stereocenters. The molecule has 0 radical (unpaired) electrons. The van der Waals surface area contributed by atoms with Crippen molar-refractivity contribution in [3.05, 3.63) is 30.4 Å². The highest BCUT2D eigenvalue weighted by molar-refractivity contribution is 5.77. The molecule has 0 saturated carbocycles. The van der Waals surface area contributed by atoms with E-state index in [1.807, 2.05) is 0 Å². The second kappa shape index (κ2) is 13.8. The predicted octanol–water partition coefficient (Wildman–Crippen LogP) is 6.36. The summed E-state index contributed by atoms with van der Waals surface area (Å²) in [5.74, 6) is 0.118. The van der Waals surface area contributed by atoms with Crippen molar-refractivity contribution in [2.75, 3.05) is 0 Å². The minimum Gasteiger partial charge on any atom is -0.504 e. The second-order valence-electron chi connectivity index (χ2n) is 8.66. The van der Waals surface area contributed by atoms with Crippen molar-refractivity contribution in [1.82, 2.24) is 0 Å². The highest BCUT2D eigenvalue weighted by atomic mass is 16.6. The highest BCUT2D eigenvalue weighted by Gasteiger charge is 2.19. The smallest absolute Gasteiger partial charge is 0.311 e. The molecule has 1 aromatic rings. The summed E-state index contributed by atoms with van der Waals surface area (Å²) in [6.07, 6.45) is 8.17. The van der Waals surface area contributed by atoms with Gasteiger partial charge in [-0.05, 0) is 48.8 Å². The number of rotatable bonds is 14. The molecule has 1 N–H and O–H groups in total. The van der Waals surface area contributed by atoms with E-state index in [1.54, 1.807) is 12.1 Å². The van der Waals surface area contributed by atoms with Crippen molar-refractivity contribution in [2.45, 2.75) is 85.5 Å². The number of hydrogen-bond donors (Lipinski definition) is 1. The Balaban J connectivity index is 2.80. The molecule has 0 fully saturated rings. The van der Waals surface area contributed by atoms with E-state index in [2.05, 4.69) is 34.3 Å². The van der Waals surface area contributed by atoms with Crippen LogP contribution in [0, 0.1) is 11.8 Å². The molecule has 0 heterocycles. The molecule has 0 amide bonds. The zero-order valence-corrected chi connectivity index (χ0v) is 19.0. The van der Waals surface area contributed by atoms with Gasteiger partial charge in [0.2, 0.25) is 5.75 Å². The fourth-order valence-corrected chi connectivity index (χ4v) is 3.09. The normalized spacial score (nSPS) is 11.0. The number of esters is 2. The van der Waals surface area contributed by atoms with Crippen LogP contribution in [0.5, 0.6) is 17.2 Å². The lowest BCUT2D eigenvalue weighted by Crippen LogP contribution is -2.12. The van der Waals surface area contributed by atoms with Gasteiger partial charge in [0.15, 0.2) is 11.5 Å². The number of phenols is 1. The Morgan fingerprint density at radius 1 is 0.933 bits per heavy atom. The zero-order valence-electron chi connectivity index (χ0n) is 19.0. The molecule has 0 saturated heterocycles. The summed E-state index contributed by atoms with van der Waals surface area (Å²) in [5, 5.41) is 10.4. The molecule has 0 spiro atoms. The first-order chi connectivity index (χ1) is 14.2. The van der Waals surface area contributed by atoms with Gasteiger partial charge in [0, 0.05) is 12.8 Å². The van der Waals surface area contributed by atoms with Gasteiger partial charge >= 0.3 is 11.9 Å². The number of benzene rings is 1. The molecular weight excluding hydrogens is 380 g/mol. The quantitative estimate of drug-likeness (QED) is 0.165. The van der Waals surface area contributed by atoms with E-state index in [-0.39, 0.29) is 30.1 Å². The number of phenolic OH excluding ortho intramolecular Hbond substituents is 1. The first kappa shape index (κ1) is 25.7. The molecular formula is C25H38O5. The molecule has 30 heavy (non-hydrogen) atoms. The van der Waals surface area contributed by atoms with Crippen molar-refractivity contribution in [3.63, 3.8) is 0 Å². The molecule has 0 unspecified atom stereocenters.